The molecule has 3 rings (SSSR count). The molecule has 0 bridgehead atoms. The lowest BCUT2D eigenvalue weighted by Crippen LogP contribution is -2.40. The second-order valence-corrected chi connectivity index (χ2v) is 9.96. The molecule has 0 aliphatic heterocycles. The molecule has 33 heavy (non-hydrogen) atoms. The molecular weight excluding hydrogens is 436 g/mol. The molecular formula is C26H30N2O4S. The first-order valence-corrected chi connectivity index (χ1v) is 12.2. The van der Waals surface area contributed by atoms with E-state index in [-0.39, 0.29) is 23.9 Å². The van der Waals surface area contributed by atoms with Crippen LogP contribution < -0.4 is 10.1 Å². The first kappa shape index (κ1) is 24.5. The zero-order valence-corrected chi connectivity index (χ0v) is 20.1. The van der Waals surface area contributed by atoms with Crippen LogP contribution in [0, 0.1) is 13.8 Å². The molecule has 0 unspecified atom stereocenters. The van der Waals surface area contributed by atoms with Gasteiger partial charge in [-0.1, -0.05) is 59.7 Å². The van der Waals surface area contributed by atoms with Crippen LogP contribution in [0.5, 0.6) is 5.75 Å². The molecule has 0 saturated heterocycles. The minimum atomic E-state index is -3.85. The van der Waals surface area contributed by atoms with Gasteiger partial charge in [0.2, 0.25) is 15.9 Å². The van der Waals surface area contributed by atoms with Crippen LogP contribution in [0.4, 0.5) is 0 Å². The van der Waals surface area contributed by atoms with E-state index in [9.17, 15) is 13.2 Å². The van der Waals surface area contributed by atoms with Crippen molar-refractivity contribution in [3.05, 3.63) is 95.1 Å². The Bertz CT molecular complexity index is 1170. The zero-order valence-electron chi connectivity index (χ0n) is 19.2. The van der Waals surface area contributed by atoms with Gasteiger partial charge in [0.05, 0.1) is 18.6 Å². The third-order valence-electron chi connectivity index (χ3n) is 5.32. The highest BCUT2D eigenvalue weighted by molar-refractivity contribution is 7.89. The highest BCUT2D eigenvalue weighted by Crippen LogP contribution is 2.19. The molecule has 1 amide bonds. The fraction of sp³-hybridized carbons (Fsp3) is 0.269. The van der Waals surface area contributed by atoms with E-state index >= 15 is 0 Å². The molecule has 0 fully saturated rings. The van der Waals surface area contributed by atoms with Gasteiger partial charge in [0.1, 0.15) is 5.75 Å². The van der Waals surface area contributed by atoms with Crippen molar-refractivity contribution >= 4 is 15.9 Å². The smallest absolute Gasteiger partial charge is 0.243 e. The fourth-order valence-electron chi connectivity index (χ4n) is 3.45. The zero-order chi connectivity index (χ0) is 23.8. The van der Waals surface area contributed by atoms with Gasteiger partial charge in [-0.3, -0.25) is 4.79 Å². The number of hydrogen-bond acceptors (Lipinski definition) is 4. The number of hydrogen-bond donors (Lipinski definition) is 1. The standard InChI is InChI=1S/C26H30N2O4S/c1-20-7-13-25(14-8-20)33(30,31)28(18-23-6-4-5-21(2)17-23)19-26(29)27-16-15-22-9-11-24(32-3)12-10-22/h4-14,17H,15-16,18-19H2,1-3H3,(H,27,29). The summed E-state index contributed by atoms with van der Waals surface area (Å²) >= 11 is 0. The van der Waals surface area contributed by atoms with Crippen LogP contribution in [0.3, 0.4) is 0 Å². The summed E-state index contributed by atoms with van der Waals surface area (Å²) in [5, 5.41) is 2.84. The second-order valence-electron chi connectivity index (χ2n) is 8.02. The van der Waals surface area contributed by atoms with E-state index in [0.29, 0.717) is 13.0 Å². The van der Waals surface area contributed by atoms with E-state index in [1.165, 1.54) is 4.31 Å². The minimum Gasteiger partial charge on any atom is -0.497 e. The second kappa shape index (κ2) is 11.1. The van der Waals surface area contributed by atoms with Crippen LogP contribution in [-0.4, -0.2) is 38.8 Å². The molecule has 0 saturated carbocycles. The third kappa shape index (κ3) is 6.91. The van der Waals surface area contributed by atoms with Crippen LogP contribution in [0.2, 0.25) is 0 Å². The topological polar surface area (TPSA) is 75.7 Å². The monoisotopic (exact) mass is 466 g/mol. The van der Waals surface area contributed by atoms with E-state index in [2.05, 4.69) is 5.32 Å². The molecule has 1 N–H and O–H groups in total. The summed E-state index contributed by atoms with van der Waals surface area (Å²) in [6, 6.07) is 21.9. The van der Waals surface area contributed by atoms with Crippen LogP contribution in [0.15, 0.2) is 77.7 Å². The summed E-state index contributed by atoms with van der Waals surface area (Å²) < 4.78 is 33.1. The molecule has 174 valence electrons. The molecule has 7 heteroatoms. The Kier molecular flexibility index (Phi) is 8.25. The number of nitrogens with one attached hydrogen (secondary N) is 1. The number of aryl methyl sites for hydroxylation is 2. The average Bonchev–Trinajstić information content (AvgIpc) is 2.79. The first-order chi connectivity index (χ1) is 15.8. The Labute approximate surface area is 196 Å². The summed E-state index contributed by atoms with van der Waals surface area (Å²) in [6.45, 7) is 4.12. The van der Waals surface area contributed by atoms with Gasteiger partial charge in [-0.2, -0.15) is 4.31 Å². The number of ether oxygens (including phenoxy) is 1. The van der Waals surface area contributed by atoms with Gasteiger partial charge in [-0.25, -0.2) is 8.42 Å². The van der Waals surface area contributed by atoms with Crippen molar-refractivity contribution in [1.82, 2.24) is 9.62 Å². The summed E-state index contributed by atoms with van der Waals surface area (Å²) in [5.74, 6) is 0.433. The Hall–Kier alpha value is -3.16. The molecule has 0 spiro atoms. The van der Waals surface area contributed by atoms with Gasteiger partial charge < -0.3 is 10.1 Å². The van der Waals surface area contributed by atoms with Crippen molar-refractivity contribution in [3.63, 3.8) is 0 Å². The van der Waals surface area contributed by atoms with E-state index in [0.717, 1.165) is 28.0 Å². The van der Waals surface area contributed by atoms with Gasteiger partial charge in [0, 0.05) is 13.1 Å². The quantitative estimate of drug-likeness (QED) is 0.492. The van der Waals surface area contributed by atoms with E-state index in [1.54, 1.807) is 31.4 Å². The number of sulfonamides is 1. The SMILES string of the molecule is COc1ccc(CCNC(=O)CN(Cc2cccc(C)c2)S(=O)(=O)c2ccc(C)cc2)cc1. The van der Waals surface area contributed by atoms with Gasteiger partial charge >= 0.3 is 0 Å². The predicted octanol–water partition coefficient (Wildman–Crippen LogP) is 3.86. The molecule has 0 aliphatic rings. The third-order valence-corrected chi connectivity index (χ3v) is 7.12. The number of carbonyl (C=O) groups excluding carboxylic acids is 1. The van der Waals surface area contributed by atoms with Crippen LogP contribution >= 0.6 is 0 Å². The molecule has 3 aromatic rings. The Balaban J connectivity index is 1.71. The molecule has 0 aromatic heterocycles. The summed E-state index contributed by atoms with van der Waals surface area (Å²) in [4.78, 5) is 12.9. The maximum absolute atomic E-state index is 13.4. The largest absolute Gasteiger partial charge is 0.497 e. The number of nitrogens with zero attached hydrogens (tertiary/aromatic N) is 1. The maximum atomic E-state index is 13.4. The van der Waals surface area contributed by atoms with Crippen molar-refractivity contribution in [2.75, 3.05) is 20.2 Å². The number of rotatable bonds is 10. The summed E-state index contributed by atoms with van der Waals surface area (Å²) in [7, 11) is -2.24. The van der Waals surface area contributed by atoms with E-state index in [1.807, 2.05) is 62.4 Å². The minimum absolute atomic E-state index is 0.115. The number of benzene rings is 3. The van der Waals surface area contributed by atoms with Gasteiger partial charge in [-0.15, -0.1) is 0 Å². The molecule has 0 aliphatic carbocycles. The Morgan fingerprint density at radius 3 is 2.24 bits per heavy atom. The molecule has 0 heterocycles. The molecule has 6 nitrogen and oxygen atoms in total. The van der Waals surface area contributed by atoms with Crippen LogP contribution in [-0.2, 0) is 27.8 Å². The highest BCUT2D eigenvalue weighted by atomic mass is 32.2. The van der Waals surface area contributed by atoms with Crippen molar-refractivity contribution in [2.24, 2.45) is 0 Å². The maximum Gasteiger partial charge on any atom is 0.243 e. The van der Waals surface area contributed by atoms with Gasteiger partial charge in [-0.05, 0) is 55.7 Å². The lowest BCUT2D eigenvalue weighted by atomic mass is 10.1. The highest BCUT2D eigenvalue weighted by Gasteiger charge is 2.27. The van der Waals surface area contributed by atoms with Crippen molar-refractivity contribution < 1.29 is 17.9 Å². The number of methoxy groups -OCH3 is 1. The average molecular weight is 467 g/mol. The van der Waals surface area contributed by atoms with Gasteiger partial charge in [0.15, 0.2) is 0 Å². The lowest BCUT2D eigenvalue weighted by molar-refractivity contribution is -0.121. The number of carbonyl (C=O) groups is 1. The molecule has 3 aromatic carbocycles. The number of amides is 1. The van der Waals surface area contributed by atoms with Crippen molar-refractivity contribution in [2.45, 2.75) is 31.7 Å². The van der Waals surface area contributed by atoms with Gasteiger partial charge in [0.25, 0.3) is 0 Å². The predicted molar refractivity (Wildman–Crippen MR) is 130 cm³/mol. The van der Waals surface area contributed by atoms with Crippen LogP contribution in [0.25, 0.3) is 0 Å². The molecule has 0 radical (unpaired) electrons. The molecule has 0 atom stereocenters. The fourth-order valence-corrected chi connectivity index (χ4v) is 4.84. The summed E-state index contributed by atoms with van der Waals surface area (Å²) in [6.07, 6.45) is 0.637. The summed E-state index contributed by atoms with van der Waals surface area (Å²) in [5.41, 5.74) is 3.89. The van der Waals surface area contributed by atoms with E-state index in [4.69, 9.17) is 4.74 Å². The van der Waals surface area contributed by atoms with Crippen molar-refractivity contribution in [1.29, 1.82) is 0 Å². The normalized spacial score (nSPS) is 11.4. The lowest BCUT2D eigenvalue weighted by Gasteiger charge is -2.22. The Morgan fingerprint density at radius 2 is 1.61 bits per heavy atom. The van der Waals surface area contributed by atoms with E-state index < -0.39 is 10.0 Å². The van der Waals surface area contributed by atoms with Crippen molar-refractivity contribution in [3.8, 4) is 5.75 Å². The van der Waals surface area contributed by atoms with Crippen LogP contribution in [0.1, 0.15) is 22.3 Å². The Morgan fingerprint density at radius 1 is 0.909 bits per heavy atom. The first-order valence-electron chi connectivity index (χ1n) is 10.8.